The van der Waals surface area contributed by atoms with E-state index in [1.807, 2.05) is 6.07 Å². The lowest BCUT2D eigenvalue weighted by molar-refractivity contribution is 0.739. The summed E-state index contributed by atoms with van der Waals surface area (Å²) in [5.74, 6) is 11.7. The largest absolute Gasteiger partial charge is 0.321 e. The van der Waals surface area contributed by atoms with Gasteiger partial charge >= 0.3 is 0 Å². The molecule has 1 atom stereocenters. The fourth-order valence-electron chi connectivity index (χ4n) is 1.70. The molecule has 1 aliphatic rings. The lowest BCUT2D eigenvalue weighted by Gasteiger charge is -2.10. The maximum atomic E-state index is 5.34. The van der Waals surface area contributed by atoms with Gasteiger partial charge in [0, 0.05) is 4.88 Å². The zero-order valence-electron chi connectivity index (χ0n) is 9.68. The number of hydrazine groups is 1. The summed E-state index contributed by atoms with van der Waals surface area (Å²) in [5.41, 5.74) is 3.75. The summed E-state index contributed by atoms with van der Waals surface area (Å²) in [6, 6.07) is 4.03. The lowest BCUT2D eigenvalue weighted by atomic mass is 9.98. The van der Waals surface area contributed by atoms with Gasteiger partial charge in [0.05, 0.1) is 4.88 Å². The van der Waals surface area contributed by atoms with Crippen molar-refractivity contribution in [1.82, 2.24) is 5.43 Å². The zero-order valence-corrected chi connectivity index (χ0v) is 10.5. The summed E-state index contributed by atoms with van der Waals surface area (Å²) in [6.07, 6.45) is 7.74. The summed E-state index contributed by atoms with van der Waals surface area (Å²) in [4.78, 5) is 2.15. The van der Waals surface area contributed by atoms with E-state index in [1.165, 1.54) is 10.5 Å². The number of thiophene rings is 1. The summed E-state index contributed by atoms with van der Waals surface area (Å²) in [6.45, 7) is 2.21. The van der Waals surface area contributed by atoms with Crippen LogP contribution in [-0.2, 0) is 0 Å². The number of rotatable bonds is 2. The van der Waals surface area contributed by atoms with E-state index in [2.05, 4.69) is 41.7 Å². The normalized spacial score (nSPS) is 20.2. The van der Waals surface area contributed by atoms with E-state index in [9.17, 15) is 0 Å². The van der Waals surface area contributed by atoms with Crippen molar-refractivity contribution in [3.8, 4) is 0 Å². The number of nitrogens with two attached hydrogens (primary N) is 2. The van der Waals surface area contributed by atoms with Crippen LogP contribution in [-0.4, -0.2) is 5.84 Å². The first kappa shape index (κ1) is 11.9. The highest BCUT2D eigenvalue weighted by Gasteiger charge is 2.10. The molecule has 4 nitrogen and oxygen atoms in total. The average molecular weight is 248 g/mol. The Morgan fingerprint density at radius 2 is 2.35 bits per heavy atom. The third-order valence-electron chi connectivity index (χ3n) is 2.70. The van der Waals surface area contributed by atoms with Crippen molar-refractivity contribution in [2.24, 2.45) is 22.7 Å². The van der Waals surface area contributed by atoms with Crippen LogP contribution in [0.1, 0.15) is 23.1 Å². The Morgan fingerprint density at radius 3 is 2.94 bits per heavy atom. The van der Waals surface area contributed by atoms with Gasteiger partial charge in [0.25, 0.3) is 0 Å². The van der Waals surface area contributed by atoms with Crippen molar-refractivity contribution in [2.75, 3.05) is 0 Å². The summed E-state index contributed by atoms with van der Waals surface area (Å²) in [5, 5.41) is 3.60. The van der Waals surface area contributed by atoms with Gasteiger partial charge in [-0.1, -0.05) is 25.2 Å². The molecule has 1 aromatic heterocycles. The van der Waals surface area contributed by atoms with Crippen molar-refractivity contribution in [2.45, 2.75) is 13.3 Å². The fraction of sp³-hybridized carbons (Fsp3) is 0.250. The second-order valence-electron chi connectivity index (χ2n) is 4.02. The van der Waals surface area contributed by atoms with Crippen LogP contribution >= 0.6 is 11.3 Å². The molecule has 1 aliphatic carbocycles. The Labute approximate surface area is 105 Å². The van der Waals surface area contributed by atoms with E-state index in [4.69, 9.17) is 11.7 Å². The quantitative estimate of drug-likeness (QED) is 0.323. The second-order valence-corrected chi connectivity index (χ2v) is 5.10. The van der Waals surface area contributed by atoms with Crippen LogP contribution < -0.4 is 17.1 Å². The fourth-order valence-corrected chi connectivity index (χ4v) is 2.69. The van der Waals surface area contributed by atoms with Gasteiger partial charge in [-0.25, -0.2) is 5.84 Å². The van der Waals surface area contributed by atoms with Gasteiger partial charge in [-0.05, 0) is 30.0 Å². The van der Waals surface area contributed by atoms with Crippen molar-refractivity contribution in [3.05, 3.63) is 40.1 Å². The van der Waals surface area contributed by atoms with Gasteiger partial charge in [-0.3, -0.25) is 0 Å². The molecule has 0 aliphatic heterocycles. The van der Waals surface area contributed by atoms with E-state index in [-0.39, 0.29) is 0 Å². The van der Waals surface area contributed by atoms with Crippen molar-refractivity contribution < 1.29 is 0 Å². The average Bonchev–Trinajstić information content (AvgIpc) is 2.81. The molecule has 17 heavy (non-hydrogen) atoms. The van der Waals surface area contributed by atoms with Crippen molar-refractivity contribution >= 4 is 22.7 Å². The monoisotopic (exact) mass is 248 g/mol. The Morgan fingerprint density at radius 1 is 1.53 bits per heavy atom. The number of nitrogens with one attached hydrogen (secondary N) is 1. The van der Waals surface area contributed by atoms with Crippen LogP contribution in [0.25, 0.3) is 5.57 Å². The predicted octanol–water partition coefficient (Wildman–Crippen LogP) is 1.81. The van der Waals surface area contributed by atoms with Gasteiger partial charge in [-0.15, -0.1) is 11.3 Å². The third-order valence-corrected chi connectivity index (χ3v) is 3.84. The van der Waals surface area contributed by atoms with Gasteiger partial charge in [-0.2, -0.15) is 5.10 Å². The Bertz CT molecular complexity index is 484. The predicted molar refractivity (Wildman–Crippen MR) is 73.3 cm³/mol. The molecule has 0 fully saturated rings. The van der Waals surface area contributed by atoms with E-state index >= 15 is 0 Å². The molecule has 0 saturated heterocycles. The maximum absolute atomic E-state index is 5.34. The van der Waals surface area contributed by atoms with E-state index in [0.29, 0.717) is 11.8 Å². The van der Waals surface area contributed by atoms with Crippen LogP contribution in [0, 0.1) is 5.92 Å². The number of hydrogen-bond donors (Lipinski definition) is 3. The van der Waals surface area contributed by atoms with Crippen molar-refractivity contribution in [1.29, 1.82) is 0 Å². The molecule has 1 unspecified atom stereocenters. The number of allylic oxidation sites excluding steroid dienone is 4. The molecular weight excluding hydrogens is 232 g/mol. The Hall–Kier alpha value is -1.59. The molecule has 0 saturated carbocycles. The summed E-state index contributed by atoms with van der Waals surface area (Å²) in [7, 11) is 0. The molecule has 0 spiro atoms. The summed E-state index contributed by atoms with van der Waals surface area (Å²) >= 11 is 1.63. The smallest absolute Gasteiger partial charge is 0.176 e. The number of hydrogen-bond acceptors (Lipinski definition) is 4. The highest BCUT2D eigenvalue weighted by molar-refractivity contribution is 7.15. The summed E-state index contributed by atoms with van der Waals surface area (Å²) < 4.78 is 0. The first-order valence-electron chi connectivity index (χ1n) is 5.48. The minimum absolute atomic E-state index is 0.509. The first-order valence-corrected chi connectivity index (χ1v) is 6.29. The standard InChI is InChI=1S/C12H16N4S/c1-8-2-4-9(5-3-8)10-6-7-11(17-10)12(15-13)16-14/h2,4-8H,3,13-14H2,1H3,(H,15,16). The van der Waals surface area contributed by atoms with Gasteiger partial charge in [0.2, 0.25) is 0 Å². The molecule has 0 amide bonds. The highest BCUT2D eigenvalue weighted by atomic mass is 32.1. The SMILES string of the molecule is CC1C=CC(c2ccc(/C(=N/N)NN)s2)=CC1. The van der Waals surface area contributed by atoms with Crippen LogP contribution in [0.4, 0.5) is 0 Å². The third kappa shape index (κ3) is 2.57. The van der Waals surface area contributed by atoms with Crippen molar-refractivity contribution in [3.63, 3.8) is 0 Å². The Kier molecular flexibility index (Phi) is 3.61. The van der Waals surface area contributed by atoms with Crippen LogP contribution in [0.2, 0.25) is 0 Å². The second kappa shape index (κ2) is 5.16. The van der Waals surface area contributed by atoms with Gasteiger partial charge in [0.15, 0.2) is 5.84 Å². The first-order chi connectivity index (χ1) is 8.24. The lowest BCUT2D eigenvalue weighted by Crippen LogP contribution is -2.31. The van der Waals surface area contributed by atoms with Crippen LogP contribution in [0.5, 0.6) is 0 Å². The molecule has 5 N–H and O–H groups in total. The molecule has 5 heteroatoms. The van der Waals surface area contributed by atoms with Gasteiger partial charge in [0.1, 0.15) is 0 Å². The number of amidine groups is 1. The van der Waals surface area contributed by atoms with E-state index in [1.54, 1.807) is 11.3 Å². The minimum Gasteiger partial charge on any atom is -0.321 e. The van der Waals surface area contributed by atoms with Gasteiger partial charge < -0.3 is 11.3 Å². The molecule has 90 valence electrons. The molecule has 2 rings (SSSR count). The molecule has 1 aromatic rings. The topological polar surface area (TPSA) is 76.4 Å². The van der Waals surface area contributed by atoms with E-state index < -0.39 is 0 Å². The highest BCUT2D eigenvalue weighted by Crippen LogP contribution is 2.29. The minimum atomic E-state index is 0.509. The number of hydrazone groups is 1. The van der Waals surface area contributed by atoms with Crippen LogP contribution in [0.15, 0.2) is 35.5 Å². The molecule has 0 radical (unpaired) electrons. The maximum Gasteiger partial charge on any atom is 0.176 e. The molecule has 0 aromatic carbocycles. The zero-order chi connectivity index (χ0) is 12.3. The number of nitrogens with zero attached hydrogens (tertiary/aromatic N) is 1. The van der Waals surface area contributed by atoms with Crippen LogP contribution in [0.3, 0.4) is 0 Å². The Balaban J connectivity index is 2.22. The molecular formula is C12H16N4S. The van der Waals surface area contributed by atoms with E-state index in [0.717, 1.165) is 11.3 Å². The molecule has 1 heterocycles. The molecule has 0 bridgehead atoms.